The van der Waals surface area contributed by atoms with Crippen molar-refractivity contribution in [2.75, 3.05) is 26.7 Å². The minimum absolute atomic E-state index is 0. The Bertz CT molecular complexity index is 151. The summed E-state index contributed by atoms with van der Waals surface area (Å²) in [5.74, 6) is -0.751. The summed E-state index contributed by atoms with van der Waals surface area (Å²) in [5.41, 5.74) is 0. The zero-order valence-electron chi connectivity index (χ0n) is 7.52. The normalized spacial score (nSPS) is 20.6. The Morgan fingerprint density at radius 2 is 2.23 bits per heavy atom. The molecule has 6 heteroatoms. The van der Waals surface area contributed by atoms with E-state index < -0.39 is 5.97 Å². The average molecular weight is 231 g/mol. The topological polar surface area (TPSA) is 52.6 Å². The second kappa shape index (κ2) is 7.38. The van der Waals surface area contributed by atoms with Crippen LogP contribution in [0.5, 0.6) is 0 Å². The highest BCUT2D eigenvalue weighted by molar-refractivity contribution is 5.85. The summed E-state index contributed by atoms with van der Waals surface area (Å²) in [6, 6.07) is 0.408. The van der Waals surface area contributed by atoms with E-state index in [-0.39, 0.29) is 31.4 Å². The third-order valence-electron chi connectivity index (χ3n) is 2.04. The molecule has 1 fully saturated rings. The van der Waals surface area contributed by atoms with E-state index in [4.69, 9.17) is 5.11 Å². The fourth-order valence-electron chi connectivity index (χ4n) is 1.36. The van der Waals surface area contributed by atoms with E-state index in [1.165, 1.54) is 0 Å². The van der Waals surface area contributed by atoms with Gasteiger partial charge in [0.25, 0.3) is 0 Å². The van der Waals surface area contributed by atoms with Crippen molar-refractivity contribution < 1.29 is 9.90 Å². The first-order valence-electron chi connectivity index (χ1n) is 3.83. The van der Waals surface area contributed by atoms with Crippen LogP contribution in [0.2, 0.25) is 0 Å². The summed E-state index contributed by atoms with van der Waals surface area (Å²) in [6.07, 6.45) is 1.06. The van der Waals surface area contributed by atoms with Crippen LogP contribution in [0.3, 0.4) is 0 Å². The Balaban J connectivity index is 0. The predicted octanol–water partition coefficient (Wildman–Crippen LogP) is 0.208. The Labute approximate surface area is 90.5 Å². The Kier molecular flexibility index (Phi) is 8.77. The molecule has 0 saturated carbocycles. The molecule has 0 bridgehead atoms. The maximum Gasteiger partial charge on any atom is 0.317 e. The van der Waals surface area contributed by atoms with Gasteiger partial charge in [0.05, 0.1) is 6.54 Å². The highest BCUT2D eigenvalue weighted by Gasteiger charge is 2.20. The van der Waals surface area contributed by atoms with Crippen molar-refractivity contribution in [3.63, 3.8) is 0 Å². The first-order chi connectivity index (χ1) is 5.20. The summed E-state index contributed by atoms with van der Waals surface area (Å²) < 4.78 is 0. The number of nitrogens with zero attached hydrogens (tertiary/aromatic N) is 1. The largest absolute Gasteiger partial charge is 0.480 e. The van der Waals surface area contributed by atoms with Crippen molar-refractivity contribution >= 4 is 30.8 Å². The lowest BCUT2D eigenvalue weighted by Crippen LogP contribution is -2.37. The van der Waals surface area contributed by atoms with Gasteiger partial charge in [0.1, 0.15) is 0 Å². The molecule has 1 saturated heterocycles. The molecule has 2 N–H and O–H groups in total. The number of carboxylic acid groups (broad SMARTS) is 1. The number of carboxylic acids is 1. The highest BCUT2D eigenvalue weighted by atomic mass is 35.5. The van der Waals surface area contributed by atoms with Crippen molar-refractivity contribution in [2.45, 2.75) is 12.5 Å². The number of halogens is 2. The van der Waals surface area contributed by atoms with Gasteiger partial charge in [0, 0.05) is 12.6 Å². The molecule has 80 valence electrons. The quantitative estimate of drug-likeness (QED) is 0.729. The van der Waals surface area contributed by atoms with Gasteiger partial charge in [-0.1, -0.05) is 0 Å². The first kappa shape index (κ1) is 15.4. The van der Waals surface area contributed by atoms with Gasteiger partial charge in [-0.05, 0) is 20.0 Å². The standard InChI is InChI=1S/C7H14N2O2.2ClH/c1-9(5-7(10)11)6-2-3-8-4-6;;/h6,8H,2-5H2,1H3,(H,10,11);2*1H/t6-;;/m0../s1. The average Bonchev–Trinajstić information content (AvgIpc) is 2.35. The second-order valence-electron chi connectivity index (χ2n) is 2.96. The van der Waals surface area contributed by atoms with Crippen LogP contribution in [-0.4, -0.2) is 48.7 Å². The fraction of sp³-hybridized carbons (Fsp3) is 0.857. The Morgan fingerprint density at radius 1 is 1.62 bits per heavy atom. The van der Waals surface area contributed by atoms with E-state index in [9.17, 15) is 4.79 Å². The van der Waals surface area contributed by atoms with E-state index in [1.54, 1.807) is 0 Å². The van der Waals surface area contributed by atoms with Crippen LogP contribution in [-0.2, 0) is 4.79 Å². The molecule has 0 spiro atoms. The number of carbonyl (C=O) groups is 1. The lowest BCUT2D eigenvalue weighted by Gasteiger charge is -2.20. The van der Waals surface area contributed by atoms with E-state index in [2.05, 4.69) is 5.32 Å². The summed E-state index contributed by atoms with van der Waals surface area (Å²) in [4.78, 5) is 12.2. The monoisotopic (exact) mass is 230 g/mol. The van der Waals surface area contributed by atoms with Gasteiger partial charge in [0.15, 0.2) is 0 Å². The highest BCUT2D eigenvalue weighted by Crippen LogP contribution is 2.04. The van der Waals surface area contributed by atoms with Gasteiger partial charge < -0.3 is 10.4 Å². The van der Waals surface area contributed by atoms with Crippen LogP contribution in [0, 0.1) is 0 Å². The summed E-state index contributed by atoms with van der Waals surface area (Å²) in [7, 11) is 1.85. The van der Waals surface area contributed by atoms with E-state index >= 15 is 0 Å². The van der Waals surface area contributed by atoms with Crippen LogP contribution in [0.4, 0.5) is 0 Å². The molecule has 0 aromatic heterocycles. The van der Waals surface area contributed by atoms with Gasteiger partial charge in [-0.25, -0.2) is 0 Å². The molecule has 13 heavy (non-hydrogen) atoms. The van der Waals surface area contributed by atoms with Crippen LogP contribution in [0.15, 0.2) is 0 Å². The van der Waals surface area contributed by atoms with Gasteiger partial charge in [0.2, 0.25) is 0 Å². The molecular formula is C7H16Cl2N2O2. The molecule has 0 aromatic rings. The van der Waals surface area contributed by atoms with Crippen LogP contribution in [0.1, 0.15) is 6.42 Å². The summed E-state index contributed by atoms with van der Waals surface area (Å²) in [5, 5.41) is 11.7. The van der Waals surface area contributed by atoms with Crippen LogP contribution in [0.25, 0.3) is 0 Å². The minimum atomic E-state index is -0.751. The number of nitrogens with one attached hydrogen (secondary N) is 1. The number of hydrogen-bond donors (Lipinski definition) is 2. The van der Waals surface area contributed by atoms with Gasteiger partial charge in [-0.2, -0.15) is 0 Å². The Hall–Kier alpha value is -0.0300. The zero-order chi connectivity index (χ0) is 8.27. The molecule has 1 rings (SSSR count). The summed E-state index contributed by atoms with van der Waals surface area (Å²) >= 11 is 0. The lowest BCUT2D eigenvalue weighted by atomic mass is 10.2. The number of likely N-dealkylation sites (N-methyl/N-ethyl adjacent to an activating group) is 1. The van der Waals surface area contributed by atoms with Crippen molar-refractivity contribution in [3.8, 4) is 0 Å². The molecule has 0 radical (unpaired) electrons. The maximum atomic E-state index is 10.3. The van der Waals surface area contributed by atoms with Crippen LogP contribution >= 0.6 is 24.8 Å². The van der Waals surface area contributed by atoms with Gasteiger partial charge >= 0.3 is 5.97 Å². The molecule has 4 nitrogen and oxygen atoms in total. The lowest BCUT2D eigenvalue weighted by molar-refractivity contribution is -0.138. The predicted molar refractivity (Wildman–Crippen MR) is 56.0 cm³/mol. The van der Waals surface area contributed by atoms with Crippen molar-refractivity contribution in [2.24, 2.45) is 0 Å². The molecule has 1 heterocycles. The number of rotatable bonds is 3. The Morgan fingerprint density at radius 3 is 2.62 bits per heavy atom. The number of hydrogen-bond acceptors (Lipinski definition) is 3. The number of aliphatic carboxylic acids is 1. The van der Waals surface area contributed by atoms with Crippen molar-refractivity contribution in [3.05, 3.63) is 0 Å². The molecule has 0 amide bonds. The molecule has 0 aliphatic carbocycles. The van der Waals surface area contributed by atoms with Gasteiger partial charge in [-0.15, -0.1) is 24.8 Å². The SMILES string of the molecule is CN(CC(=O)O)[C@H]1CCNC1.Cl.Cl. The third-order valence-corrected chi connectivity index (χ3v) is 2.04. The second-order valence-corrected chi connectivity index (χ2v) is 2.96. The van der Waals surface area contributed by atoms with E-state index in [0.717, 1.165) is 19.5 Å². The third kappa shape index (κ3) is 5.31. The maximum absolute atomic E-state index is 10.3. The van der Waals surface area contributed by atoms with Crippen LogP contribution < -0.4 is 5.32 Å². The van der Waals surface area contributed by atoms with Gasteiger partial charge in [-0.3, -0.25) is 9.69 Å². The molecule has 0 aromatic carbocycles. The first-order valence-corrected chi connectivity index (χ1v) is 3.83. The smallest absolute Gasteiger partial charge is 0.317 e. The van der Waals surface area contributed by atoms with Crippen molar-refractivity contribution in [1.82, 2.24) is 10.2 Å². The van der Waals surface area contributed by atoms with Crippen molar-refractivity contribution in [1.29, 1.82) is 0 Å². The molecule has 0 unspecified atom stereocenters. The van der Waals surface area contributed by atoms with E-state index in [1.807, 2.05) is 11.9 Å². The van der Waals surface area contributed by atoms with E-state index in [0.29, 0.717) is 6.04 Å². The fourth-order valence-corrected chi connectivity index (χ4v) is 1.36. The molecule has 1 aliphatic rings. The summed E-state index contributed by atoms with van der Waals surface area (Å²) in [6.45, 7) is 2.07. The molecule has 1 aliphatic heterocycles. The molecular weight excluding hydrogens is 215 g/mol. The minimum Gasteiger partial charge on any atom is -0.480 e. The zero-order valence-corrected chi connectivity index (χ0v) is 9.16. The molecule has 1 atom stereocenters.